The van der Waals surface area contributed by atoms with Gasteiger partial charge in [0.2, 0.25) is 5.91 Å². The minimum absolute atomic E-state index is 0.0801. The molecule has 5 heteroatoms. The molecule has 5 nitrogen and oxygen atoms in total. The summed E-state index contributed by atoms with van der Waals surface area (Å²) in [6.45, 7) is 2.70. The van der Waals surface area contributed by atoms with Crippen LogP contribution in [0, 0.1) is 5.92 Å². The second-order valence-corrected chi connectivity index (χ2v) is 6.65. The minimum atomic E-state index is 0.0801. The summed E-state index contributed by atoms with van der Waals surface area (Å²) < 4.78 is 15.7. The van der Waals surface area contributed by atoms with Crippen LogP contribution in [0.3, 0.4) is 0 Å². The third-order valence-corrected chi connectivity index (χ3v) is 4.46. The van der Waals surface area contributed by atoms with Crippen LogP contribution in [0.5, 0.6) is 17.2 Å². The number of nitrogens with one attached hydrogen (secondary N) is 1. The standard InChI is InChI=1S/C22H29NO4/c1-16(13-17-5-8-19(25-2)9-6-17)14-22(24)23-12-11-18-7-10-20(26-3)21(15-18)27-4/h5-10,15-16H,11-14H2,1-4H3,(H,23,24)/t16-/m0/s1. The van der Waals surface area contributed by atoms with Gasteiger partial charge in [-0.25, -0.2) is 0 Å². The number of ether oxygens (including phenoxy) is 3. The molecular weight excluding hydrogens is 342 g/mol. The molecule has 2 aromatic carbocycles. The molecule has 0 spiro atoms. The van der Waals surface area contributed by atoms with E-state index in [1.807, 2.05) is 42.5 Å². The first-order valence-electron chi connectivity index (χ1n) is 9.16. The maximum Gasteiger partial charge on any atom is 0.220 e. The monoisotopic (exact) mass is 371 g/mol. The average molecular weight is 371 g/mol. The van der Waals surface area contributed by atoms with E-state index in [4.69, 9.17) is 14.2 Å². The highest BCUT2D eigenvalue weighted by Gasteiger charge is 2.10. The Hall–Kier alpha value is -2.69. The molecule has 146 valence electrons. The molecular formula is C22H29NO4. The summed E-state index contributed by atoms with van der Waals surface area (Å²) in [6, 6.07) is 13.8. The van der Waals surface area contributed by atoms with E-state index in [9.17, 15) is 4.79 Å². The lowest BCUT2D eigenvalue weighted by atomic mass is 9.97. The van der Waals surface area contributed by atoms with E-state index >= 15 is 0 Å². The van der Waals surface area contributed by atoms with Gasteiger partial charge in [0, 0.05) is 13.0 Å². The van der Waals surface area contributed by atoms with Gasteiger partial charge >= 0.3 is 0 Å². The largest absolute Gasteiger partial charge is 0.497 e. The lowest BCUT2D eigenvalue weighted by Crippen LogP contribution is -2.27. The van der Waals surface area contributed by atoms with Crippen molar-refractivity contribution in [3.8, 4) is 17.2 Å². The second-order valence-electron chi connectivity index (χ2n) is 6.65. The summed E-state index contributed by atoms with van der Waals surface area (Å²) in [5.74, 6) is 2.61. The van der Waals surface area contributed by atoms with Gasteiger partial charge in [-0.2, -0.15) is 0 Å². The van der Waals surface area contributed by atoms with Gasteiger partial charge in [-0.1, -0.05) is 25.1 Å². The Bertz CT molecular complexity index is 728. The van der Waals surface area contributed by atoms with Crippen LogP contribution in [0.1, 0.15) is 24.5 Å². The van der Waals surface area contributed by atoms with Crippen molar-refractivity contribution in [2.45, 2.75) is 26.2 Å². The highest BCUT2D eigenvalue weighted by Crippen LogP contribution is 2.27. The lowest BCUT2D eigenvalue weighted by molar-refractivity contribution is -0.121. The molecule has 2 aromatic rings. The Morgan fingerprint density at radius 3 is 2.22 bits per heavy atom. The highest BCUT2D eigenvalue weighted by atomic mass is 16.5. The maximum absolute atomic E-state index is 12.2. The van der Waals surface area contributed by atoms with E-state index in [2.05, 4.69) is 12.2 Å². The first kappa shape index (κ1) is 20.6. The van der Waals surface area contributed by atoms with Crippen LogP contribution < -0.4 is 19.5 Å². The molecule has 0 unspecified atom stereocenters. The SMILES string of the molecule is COc1ccc(C[C@H](C)CC(=O)NCCc2ccc(OC)c(OC)c2)cc1. The van der Waals surface area contributed by atoms with E-state index in [1.54, 1.807) is 21.3 Å². The normalized spacial score (nSPS) is 11.6. The number of carbonyl (C=O) groups is 1. The molecule has 2 rings (SSSR count). The quantitative estimate of drug-likeness (QED) is 0.693. The molecule has 0 saturated heterocycles. The van der Waals surface area contributed by atoms with Crippen LogP contribution in [0.2, 0.25) is 0 Å². The van der Waals surface area contributed by atoms with Gasteiger partial charge in [-0.3, -0.25) is 4.79 Å². The molecule has 1 atom stereocenters. The summed E-state index contributed by atoms with van der Waals surface area (Å²) in [6.07, 6.45) is 2.13. The molecule has 1 N–H and O–H groups in total. The van der Waals surface area contributed by atoms with Crippen molar-refractivity contribution in [1.29, 1.82) is 0 Å². The number of rotatable bonds is 10. The molecule has 0 bridgehead atoms. The number of methoxy groups -OCH3 is 3. The minimum Gasteiger partial charge on any atom is -0.497 e. The molecule has 0 aliphatic carbocycles. The van der Waals surface area contributed by atoms with Crippen LogP contribution >= 0.6 is 0 Å². The predicted octanol–water partition coefficient (Wildman–Crippen LogP) is 3.64. The van der Waals surface area contributed by atoms with Crippen LogP contribution in [-0.4, -0.2) is 33.8 Å². The molecule has 0 aliphatic rings. The number of hydrogen-bond donors (Lipinski definition) is 1. The molecule has 0 aromatic heterocycles. The smallest absolute Gasteiger partial charge is 0.220 e. The Balaban J connectivity index is 1.75. The molecule has 27 heavy (non-hydrogen) atoms. The van der Waals surface area contributed by atoms with Gasteiger partial charge in [0.25, 0.3) is 0 Å². The van der Waals surface area contributed by atoms with Gasteiger partial charge < -0.3 is 19.5 Å². The van der Waals surface area contributed by atoms with E-state index in [-0.39, 0.29) is 11.8 Å². The van der Waals surface area contributed by atoms with E-state index in [0.717, 1.165) is 24.2 Å². The fourth-order valence-electron chi connectivity index (χ4n) is 3.01. The van der Waals surface area contributed by atoms with Gasteiger partial charge in [-0.15, -0.1) is 0 Å². The topological polar surface area (TPSA) is 56.8 Å². The van der Waals surface area contributed by atoms with Gasteiger partial charge in [0.15, 0.2) is 11.5 Å². The Labute approximate surface area is 161 Å². The zero-order valence-electron chi connectivity index (χ0n) is 16.6. The average Bonchev–Trinajstić information content (AvgIpc) is 2.68. The molecule has 0 aliphatic heterocycles. The van der Waals surface area contributed by atoms with Crippen LogP contribution in [0.25, 0.3) is 0 Å². The first-order chi connectivity index (χ1) is 13.0. The van der Waals surface area contributed by atoms with Crippen molar-refractivity contribution in [1.82, 2.24) is 5.32 Å². The summed E-state index contributed by atoms with van der Waals surface area (Å²) in [5, 5.41) is 3.00. The van der Waals surface area contributed by atoms with Gasteiger partial charge in [0.05, 0.1) is 21.3 Å². The van der Waals surface area contributed by atoms with Crippen molar-refractivity contribution in [3.05, 3.63) is 53.6 Å². The molecule has 0 heterocycles. The maximum atomic E-state index is 12.2. The Kier molecular flexibility index (Phi) is 7.99. The number of benzene rings is 2. The van der Waals surface area contributed by atoms with Crippen molar-refractivity contribution in [3.63, 3.8) is 0 Å². The van der Waals surface area contributed by atoms with E-state index in [0.29, 0.717) is 24.5 Å². The zero-order valence-corrected chi connectivity index (χ0v) is 16.6. The third-order valence-electron chi connectivity index (χ3n) is 4.46. The fourth-order valence-corrected chi connectivity index (χ4v) is 3.01. The highest BCUT2D eigenvalue weighted by molar-refractivity contribution is 5.76. The van der Waals surface area contributed by atoms with Crippen molar-refractivity contribution in [2.24, 2.45) is 5.92 Å². The first-order valence-corrected chi connectivity index (χ1v) is 9.16. The summed E-state index contributed by atoms with van der Waals surface area (Å²) >= 11 is 0. The second kappa shape index (κ2) is 10.5. The van der Waals surface area contributed by atoms with Crippen molar-refractivity contribution < 1.29 is 19.0 Å². The van der Waals surface area contributed by atoms with E-state index in [1.165, 1.54) is 5.56 Å². The predicted molar refractivity (Wildman–Crippen MR) is 107 cm³/mol. The lowest BCUT2D eigenvalue weighted by Gasteiger charge is -2.13. The Morgan fingerprint density at radius 2 is 1.59 bits per heavy atom. The van der Waals surface area contributed by atoms with Crippen LogP contribution in [-0.2, 0) is 17.6 Å². The Morgan fingerprint density at radius 1 is 0.926 bits per heavy atom. The van der Waals surface area contributed by atoms with E-state index < -0.39 is 0 Å². The summed E-state index contributed by atoms with van der Waals surface area (Å²) in [4.78, 5) is 12.2. The van der Waals surface area contributed by atoms with Crippen molar-refractivity contribution in [2.75, 3.05) is 27.9 Å². The molecule has 1 amide bonds. The zero-order chi connectivity index (χ0) is 19.6. The molecule has 0 radical (unpaired) electrons. The third kappa shape index (κ3) is 6.51. The number of hydrogen-bond acceptors (Lipinski definition) is 4. The number of amides is 1. The van der Waals surface area contributed by atoms with Crippen LogP contribution in [0.4, 0.5) is 0 Å². The molecule has 0 saturated carbocycles. The van der Waals surface area contributed by atoms with Crippen LogP contribution in [0.15, 0.2) is 42.5 Å². The number of carbonyl (C=O) groups excluding carboxylic acids is 1. The summed E-state index contributed by atoms with van der Waals surface area (Å²) in [5.41, 5.74) is 2.31. The molecule has 0 fully saturated rings. The van der Waals surface area contributed by atoms with Crippen molar-refractivity contribution >= 4 is 5.91 Å². The summed E-state index contributed by atoms with van der Waals surface area (Å²) in [7, 11) is 4.89. The van der Waals surface area contributed by atoms with Gasteiger partial charge in [0.1, 0.15) is 5.75 Å². The van der Waals surface area contributed by atoms with Gasteiger partial charge in [-0.05, 0) is 54.2 Å². The fraction of sp³-hybridized carbons (Fsp3) is 0.409.